The van der Waals surface area contributed by atoms with Gasteiger partial charge in [-0.1, -0.05) is 0 Å². The molecule has 0 radical (unpaired) electrons. The Morgan fingerprint density at radius 3 is 3.05 bits per heavy atom. The third kappa shape index (κ3) is 4.81. The zero-order chi connectivity index (χ0) is 16.0. The molecule has 1 unspecified atom stereocenters. The van der Waals surface area contributed by atoms with Crippen LogP contribution in [0.1, 0.15) is 18.6 Å². The van der Waals surface area contributed by atoms with Crippen molar-refractivity contribution >= 4 is 28.2 Å². The molecular weight excluding hydrogens is 306 g/mol. The molecule has 0 bridgehead atoms. The molecule has 1 aromatic rings. The van der Waals surface area contributed by atoms with Crippen LogP contribution in [0.25, 0.3) is 6.08 Å². The van der Waals surface area contributed by atoms with Gasteiger partial charge in [0.25, 0.3) is 0 Å². The molecule has 1 atom stereocenters. The van der Waals surface area contributed by atoms with Crippen LogP contribution in [0, 0.1) is 5.92 Å². The third-order valence-electron chi connectivity index (χ3n) is 3.36. The van der Waals surface area contributed by atoms with Crippen LogP contribution < -0.4 is 5.43 Å². The smallest absolute Gasteiger partial charge is 0.244 e. The molecule has 0 aliphatic carbocycles. The van der Waals surface area contributed by atoms with Crippen LogP contribution in [0.15, 0.2) is 34.0 Å². The molecule has 22 heavy (non-hydrogen) atoms. The number of allylic oxidation sites excluding steroid dienone is 1. The Kier molecular flexibility index (Phi) is 5.51. The van der Waals surface area contributed by atoms with Gasteiger partial charge in [0.2, 0.25) is 15.9 Å². The van der Waals surface area contributed by atoms with E-state index in [0.29, 0.717) is 25.1 Å². The Hall–Kier alpha value is -1.93. The van der Waals surface area contributed by atoms with Crippen LogP contribution >= 0.6 is 0 Å². The number of amides is 1. The summed E-state index contributed by atoms with van der Waals surface area (Å²) < 4.78 is 29.5. The molecule has 2 heterocycles. The molecule has 1 N–H and O–H groups in total. The van der Waals surface area contributed by atoms with E-state index in [1.54, 1.807) is 30.5 Å². The number of nitrogens with zero attached hydrogens (tertiary/aromatic N) is 2. The lowest BCUT2D eigenvalue weighted by Gasteiger charge is -2.29. The van der Waals surface area contributed by atoms with E-state index in [0.717, 1.165) is 6.26 Å². The second-order valence-corrected chi connectivity index (χ2v) is 7.07. The van der Waals surface area contributed by atoms with Crippen LogP contribution in [0.2, 0.25) is 0 Å². The van der Waals surface area contributed by atoms with Crippen molar-refractivity contribution in [2.24, 2.45) is 11.0 Å². The third-order valence-corrected chi connectivity index (χ3v) is 4.63. The SMILES string of the molecule is CS(=O)(=O)N1CCCC(C(=O)N/N=C/C=C/c2ccco2)C1. The summed E-state index contributed by atoms with van der Waals surface area (Å²) in [6, 6.07) is 3.57. The quantitative estimate of drug-likeness (QED) is 0.647. The lowest BCUT2D eigenvalue weighted by molar-refractivity contribution is -0.126. The second kappa shape index (κ2) is 7.37. The highest BCUT2D eigenvalue weighted by molar-refractivity contribution is 7.88. The molecule has 1 aromatic heterocycles. The van der Waals surface area contributed by atoms with E-state index < -0.39 is 10.0 Å². The zero-order valence-corrected chi connectivity index (χ0v) is 13.1. The van der Waals surface area contributed by atoms with Crippen molar-refractivity contribution in [2.45, 2.75) is 12.8 Å². The Balaban J connectivity index is 1.81. The fourth-order valence-corrected chi connectivity index (χ4v) is 3.13. The van der Waals surface area contributed by atoms with Gasteiger partial charge in [0.1, 0.15) is 5.76 Å². The maximum absolute atomic E-state index is 12.0. The number of hydrazone groups is 1. The second-order valence-electron chi connectivity index (χ2n) is 5.09. The van der Waals surface area contributed by atoms with Crippen LogP contribution in [-0.2, 0) is 14.8 Å². The van der Waals surface area contributed by atoms with Crippen LogP contribution in [-0.4, -0.2) is 44.2 Å². The topological polar surface area (TPSA) is 92.0 Å². The molecule has 1 aliphatic heterocycles. The first kappa shape index (κ1) is 16.4. The van der Waals surface area contributed by atoms with Crippen molar-refractivity contribution < 1.29 is 17.6 Å². The number of hydrogen-bond acceptors (Lipinski definition) is 5. The van der Waals surface area contributed by atoms with Crippen molar-refractivity contribution in [1.82, 2.24) is 9.73 Å². The average molecular weight is 325 g/mol. The molecule has 2 rings (SSSR count). The van der Waals surface area contributed by atoms with Crippen LogP contribution in [0.3, 0.4) is 0 Å². The fourth-order valence-electron chi connectivity index (χ4n) is 2.22. The highest BCUT2D eigenvalue weighted by Crippen LogP contribution is 2.18. The Morgan fingerprint density at radius 2 is 2.36 bits per heavy atom. The summed E-state index contributed by atoms with van der Waals surface area (Å²) in [6.07, 6.45) is 8.85. The summed E-state index contributed by atoms with van der Waals surface area (Å²) >= 11 is 0. The predicted octanol–water partition coefficient (Wildman–Crippen LogP) is 1.07. The zero-order valence-electron chi connectivity index (χ0n) is 12.3. The molecule has 0 saturated carbocycles. The molecule has 0 aromatic carbocycles. The van der Waals surface area contributed by atoms with Gasteiger partial charge in [-0.25, -0.2) is 18.1 Å². The van der Waals surface area contributed by atoms with Gasteiger partial charge >= 0.3 is 0 Å². The van der Waals surface area contributed by atoms with Crippen molar-refractivity contribution in [3.63, 3.8) is 0 Å². The van der Waals surface area contributed by atoms with Gasteiger partial charge in [-0.3, -0.25) is 4.79 Å². The number of piperidine rings is 1. The molecule has 1 saturated heterocycles. The van der Waals surface area contributed by atoms with E-state index in [4.69, 9.17) is 4.42 Å². The summed E-state index contributed by atoms with van der Waals surface area (Å²) in [7, 11) is -3.25. The fraction of sp³-hybridized carbons (Fsp3) is 0.429. The summed E-state index contributed by atoms with van der Waals surface area (Å²) in [5.41, 5.74) is 2.43. The largest absolute Gasteiger partial charge is 0.465 e. The molecule has 1 amide bonds. The van der Waals surface area contributed by atoms with Gasteiger partial charge in [0.15, 0.2) is 0 Å². The van der Waals surface area contributed by atoms with E-state index in [2.05, 4.69) is 10.5 Å². The monoisotopic (exact) mass is 325 g/mol. The Bertz CT molecular complexity index is 650. The minimum atomic E-state index is -3.25. The predicted molar refractivity (Wildman–Crippen MR) is 83.5 cm³/mol. The normalized spacial score (nSPS) is 20.7. The maximum atomic E-state index is 12.0. The van der Waals surface area contributed by atoms with Gasteiger partial charge in [0, 0.05) is 19.3 Å². The van der Waals surface area contributed by atoms with Gasteiger partial charge in [-0.05, 0) is 37.1 Å². The van der Waals surface area contributed by atoms with Crippen molar-refractivity contribution in [2.75, 3.05) is 19.3 Å². The molecule has 8 heteroatoms. The first-order chi connectivity index (χ1) is 10.5. The highest BCUT2D eigenvalue weighted by Gasteiger charge is 2.29. The first-order valence-electron chi connectivity index (χ1n) is 6.95. The standard InChI is InChI=1S/C14H19N3O4S/c1-22(19,20)17-9-3-5-12(11-17)14(18)16-15-8-2-6-13-7-4-10-21-13/h2,4,6-8,10,12H,3,5,9,11H2,1H3,(H,16,18)/b6-2+,15-8+. The molecule has 120 valence electrons. The number of hydrogen-bond donors (Lipinski definition) is 1. The number of nitrogens with one attached hydrogen (secondary N) is 1. The van der Waals surface area contributed by atoms with E-state index >= 15 is 0 Å². The van der Waals surface area contributed by atoms with Crippen molar-refractivity contribution in [1.29, 1.82) is 0 Å². The number of rotatable bonds is 5. The average Bonchev–Trinajstić information content (AvgIpc) is 2.99. The van der Waals surface area contributed by atoms with Crippen molar-refractivity contribution in [3.05, 3.63) is 30.2 Å². The van der Waals surface area contributed by atoms with E-state index in [-0.39, 0.29) is 18.4 Å². The molecule has 1 aliphatic rings. The number of carbonyl (C=O) groups excluding carboxylic acids is 1. The number of sulfonamides is 1. The van der Waals surface area contributed by atoms with Gasteiger partial charge < -0.3 is 4.42 Å². The summed E-state index contributed by atoms with van der Waals surface area (Å²) in [5.74, 6) is 0.0551. The van der Waals surface area contributed by atoms with E-state index in [9.17, 15) is 13.2 Å². The minimum Gasteiger partial charge on any atom is -0.465 e. The van der Waals surface area contributed by atoms with Gasteiger partial charge in [-0.2, -0.15) is 5.10 Å². The van der Waals surface area contributed by atoms with Crippen molar-refractivity contribution in [3.8, 4) is 0 Å². The number of furan rings is 1. The lowest BCUT2D eigenvalue weighted by Crippen LogP contribution is -2.44. The molecule has 0 spiro atoms. The number of carbonyl (C=O) groups is 1. The maximum Gasteiger partial charge on any atom is 0.244 e. The van der Waals surface area contributed by atoms with Crippen LogP contribution in [0.5, 0.6) is 0 Å². The Morgan fingerprint density at radius 1 is 1.55 bits per heavy atom. The van der Waals surface area contributed by atoms with Crippen LogP contribution in [0.4, 0.5) is 0 Å². The van der Waals surface area contributed by atoms with Gasteiger partial charge in [-0.15, -0.1) is 0 Å². The lowest BCUT2D eigenvalue weighted by atomic mass is 9.99. The summed E-state index contributed by atoms with van der Waals surface area (Å²) in [5, 5.41) is 3.81. The molecular formula is C14H19N3O4S. The highest BCUT2D eigenvalue weighted by atomic mass is 32.2. The summed E-state index contributed by atoms with van der Waals surface area (Å²) in [6.45, 7) is 0.681. The minimum absolute atomic E-state index is 0.211. The molecule has 1 fully saturated rings. The molecule has 7 nitrogen and oxygen atoms in total. The summed E-state index contributed by atoms with van der Waals surface area (Å²) in [4.78, 5) is 12.0. The van der Waals surface area contributed by atoms with Gasteiger partial charge in [0.05, 0.1) is 18.4 Å². The Labute approximate surface area is 129 Å². The first-order valence-corrected chi connectivity index (χ1v) is 8.80. The van der Waals surface area contributed by atoms with E-state index in [1.165, 1.54) is 10.5 Å². The van der Waals surface area contributed by atoms with E-state index in [1.807, 2.05) is 0 Å².